The summed E-state index contributed by atoms with van der Waals surface area (Å²) in [5, 5.41) is 1.69. The van der Waals surface area contributed by atoms with E-state index in [1.807, 2.05) is 70.2 Å². The van der Waals surface area contributed by atoms with Gasteiger partial charge in [0.15, 0.2) is 0 Å². The van der Waals surface area contributed by atoms with Crippen LogP contribution in [0.5, 0.6) is 5.75 Å². The molecule has 6 nitrogen and oxygen atoms in total. The maximum Gasteiger partial charge on any atom is 0.419 e. The quantitative estimate of drug-likeness (QED) is 0.377. The molecule has 0 spiro atoms. The standard InChI is InChI=1S/C24H24N2O4S/c1-15-17(11-12-27)18-13-16(9-10-20(18)26(15)23(28)30-24(2,3)4)29-14-22-25-19-7-5-6-8-21(19)31-22/h5-10,12-13H,11,14H2,1-4H3. The molecule has 0 fully saturated rings. The lowest BCUT2D eigenvalue weighted by Crippen LogP contribution is -2.27. The molecule has 0 atom stereocenters. The minimum atomic E-state index is -0.620. The smallest absolute Gasteiger partial charge is 0.419 e. The molecule has 0 N–H and O–H groups in total. The van der Waals surface area contributed by atoms with Crippen LogP contribution in [0.1, 0.15) is 37.0 Å². The lowest BCUT2D eigenvalue weighted by Gasteiger charge is -2.20. The summed E-state index contributed by atoms with van der Waals surface area (Å²) in [6.45, 7) is 7.65. The monoisotopic (exact) mass is 436 g/mol. The van der Waals surface area contributed by atoms with Gasteiger partial charge in [0.25, 0.3) is 0 Å². The molecule has 0 bridgehead atoms. The summed E-state index contributed by atoms with van der Waals surface area (Å²) in [5.41, 5.74) is 2.52. The van der Waals surface area contributed by atoms with Gasteiger partial charge in [-0.1, -0.05) is 12.1 Å². The van der Waals surface area contributed by atoms with E-state index in [0.29, 0.717) is 23.6 Å². The van der Waals surface area contributed by atoms with E-state index in [0.717, 1.165) is 32.5 Å². The summed E-state index contributed by atoms with van der Waals surface area (Å²) in [6.07, 6.45) is 0.588. The average Bonchev–Trinajstić information content (AvgIpc) is 3.24. The fourth-order valence-corrected chi connectivity index (χ4v) is 4.44. The Labute approximate surface area is 184 Å². The van der Waals surface area contributed by atoms with Crippen molar-refractivity contribution in [3.63, 3.8) is 0 Å². The molecule has 2 aromatic heterocycles. The third-order valence-corrected chi connectivity index (χ3v) is 5.88. The van der Waals surface area contributed by atoms with Crippen molar-refractivity contribution in [2.45, 2.75) is 46.3 Å². The number of fused-ring (bicyclic) bond motifs is 2. The minimum absolute atomic E-state index is 0.208. The first-order valence-electron chi connectivity index (χ1n) is 10.0. The average molecular weight is 437 g/mol. The van der Waals surface area contributed by atoms with Crippen molar-refractivity contribution in [2.24, 2.45) is 0 Å². The van der Waals surface area contributed by atoms with Gasteiger partial charge in [-0.3, -0.25) is 0 Å². The zero-order valence-corrected chi connectivity index (χ0v) is 18.8. The predicted molar refractivity (Wildman–Crippen MR) is 122 cm³/mol. The van der Waals surface area contributed by atoms with E-state index in [2.05, 4.69) is 4.98 Å². The first-order chi connectivity index (χ1) is 14.8. The number of nitrogens with zero attached hydrogens (tertiary/aromatic N) is 2. The first-order valence-corrected chi connectivity index (χ1v) is 10.9. The molecule has 0 aliphatic rings. The van der Waals surface area contributed by atoms with Crippen LogP contribution in [0.4, 0.5) is 4.79 Å². The summed E-state index contributed by atoms with van der Waals surface area (Å²) in [7, 11) is 0. The number of ether oxygens (including phenoxy) is 2. The van der Waals surface area contributed by atoms with Crippen LogP contribution >= 0.6 is 11.3 Å². The summed E-state index contributed by atoms with van der Waals surface area (Å²) in [5.74, 6) is 0.653. The molecule has 0 radical (unpaired) electrons. The van der Waals surface area contributed by atoms with Crippen LogP contribution in [0, 0.1) is 6.92 Å². The Morgan fingerprint density at radius 2 is 1.97 bits per heavy atom. The fraction of sp³-hybridized carbons (Fsp3) is 0.292. The topological polar surface area (TPSA) is 70.4 Å². The van der Waals surface area contributed by atoms with Gasteiger partial charge in [0.05, 0.1) is 15.7 Å². The van der Waals surface area contributed by atoms with Gasteiger partial charge in [0.2, 0.25) is 0 Å². The highest BCUT2D eigenvalue weighted by Crippen LogP contribution is 2.31. The van der Waals surface area contributed by atoms with Crippen LogP contribution < -0.4 is 4.74 Å². The van der Waals surface area contributed by atoms with Crippen LogP contribution in [0.2, 0.25) is 0 Å². The summed E-state index contributed by atoms with van der Waals surface area (Å²) in [4.78, 5) is 28.7. The van der Waals surface area contributed by atoms with Crippen LogP contribution in [0.15, 0.2) is 42.5 Å². The Bertz CT molecular complexity index is 1250. The molecule has 0 unspecified atom stereocenters. The lowest BCUT2D eigenvalue weighted by molar-refractivity contribution is -0.107. The van der Waals surface area contributed by atoms with Crippen molar-refractivity contribution in [2.75, 3.05) is 0 Å². The van der Waals surface area contributed by atoms with Gasteiger partial charge in [-0.05, 0) is 63.6 Å². The number of thiazole rings is 1. The molecule has 7 heteroatoms. The lowest BCUT2D eigenvalue weighted by atomic mass is 10.1. The number of carbonyl (C=O) groups excluding carboxylic acids is 2. The van der Waals surface area contributed by atoms with Gasteiger partial charge >= 0.3 is 6.09 Å². The molecule has 0 aliphatic carbocycles. The first kappa shape index (κ1) is 21.1. The predicted octanol–water partition coefficient (Wildman–Crippen LogP) is 5.66. The van der Waals surface area contributed by atoms with E-state index in [-0.39, 0.29) is 6.42 Å². The molecule has 4 aromatic rings. The van der Waals surface area contributed by atoms with Gasteiger partial charge in [0, 0.05) is 17.5 Å². The highest BCUT2D eigenvalue weighted by atomic mass is 32.1. The van der Waals surface area contributed by atoms with E-state index in [1.54, 1.807) is 11.3 Å². The van der Waals surface area contributed by atoms with Gasteiger partial charge in [-0.15, -0.1) is 11.3 Å². The molecule has 0 amide bonds. The molecule has 4 rings (SSSR count). The van der Waals surface area contributed by atoms with Crippen molar-refractivity contribution < 1.29 is 19.1 Å². The second kappa shape index (κ2) is 8.15. The van der Waals surface area contributed by atoms with Crippen molar-refractivity contribution in [1.29, 1.82) is 0 Å². The van der Waals surface area contributed by atoms with Crippen molar-refractivity contribution in [1.82, 2.24) is 9.55 Å². The number of aromatic nitrogens is 2. The van der Waals surface area contributed by atoms with Gasteiger partial charge in [0.1, 0.15) is 29.3 Å². The van der Waals surface area contributed by atoms with E-state index in [1.165, 1.54) is 4.57 Å². The number of carbonyl (C=O) groups is 2. The Hall–Kier alpha value is -3.19. The van der Waals surface area contributed by atoms with E-state index < -0.39 is 11.7 Å². The van der Waals surface area contributed by atoms with Crippen molar-refractivity contribution in [3.8, 4) is 5.75 Å². The zero-order chi connectivity index (χ0) is 22.2. The Balaban J connectivity index is 1.66. The van der Waals surface area contributed by atoms with Crippen LogP contribution in [-0.4, -0.2) is 27.5 Å². The molecular formula is C24H24N2O4S. The van der Waals surface area contributed by atoms with Crippen LogP contribution in [0.3, 0.4) is 0 Å². The molecule has 2 aromatic carbocycles. The highest BCUT2D eigenvalue weighted by molar-refractivity contribution is 7.18. The Morgan fingerprint density at radius 3 is 2.68 bits per heavy atom. The third-order valence-electron chi connectivity index (χ3n) is 4.87. The van der Waals surface area contributed by atoms with Gasteiger partial charge in [-0.25, -0.2) is 14.3 Å². The maximum atomic E-state index is 12.8. The van der Waals surface area contributed by atoms with E-state index in [9.17, 15) is 9.59 Å². The van der Waals surface area contributed by atoms with Crippen LogP contribution in [-0.2, 0) is 22.6 Å². The molecule has 160 valence electrons. The summed E-state index contributed by atoms with van der Waals surface area (Å²) in [6, 6.07) is 13.5. The van der Waals surface area contributed by atoms with Gasteiger partial charge < -0.3 is 14.3 Å². The normalized spacial score (nSPS) is 11.7. The number of hydrogen-bond acceptors (Lipinski definition) is 6. The minimum Gasteiger partial charge on any atom is -0.486 e. The molecule has 31 heavy (non-hydrogen) atoms. The largest absolute Gasteiger partial charge is 0.486 e. The number of benzene rings is 2. The highest BCUT2D eigenvalue weighted by Gasteiger charge is 2.24. The maximum absolute atomic E-state index is 12.8. The third kappa shape index (κ3) is 4.32. The number of rotatable bonds is 5. The van der Waals surface area contributed by atoms with E-state index >= 15 is 0 Å². The number of para-hydroxylation sites is 1. The second-order valence-corrected chi connectivity index (χ2v) is 9.41. The SMILES string of the molecule is Cc1c(CC=O)c2cc(OCc3nc4ccccc4s3)ccc2n1C(=O)OC(C)(C)C. The molecular weight excluding hydrogens is 412 g/mol. The Kier molecular flexibility index (Phi) is 5.54. The molecule has 0 aliphatic heterocycles. The van der Waals surface area contributed by atoms with E-state index in [4.69, 9.17) is 9.47 Å². The fourth-order valence-electron chi connectivity index (χ4n) is 3.56. The molecule has 0 saturated heterocycles. The number of hydrogen-bond donors (Lipinski definition) is 0. The Morgan fingerprint density at radius 1 is 1.19 bits per heavy atom. The van der Waals surface area contributed by atoms with Crippen LogP contribution in [0.25, 0.3) is 21.1 Å². The summed E-state index contributed by atoms with van der Waals surface area (Å²) < 4.78 is 14.2. The molecule has 0 saturated carbocycles. The zero-order valence-electron chi connectivity index (χ0n) is 18.0. The van der Waals surface area contributed by atoms with Gasteiger partial charge in [-0.2, -0.15) is 0 Å². The van der Waals surface area contributed by atoms with Crippen molar-refractivity contribution >= 4 is 44.8 Å². The van der Waals surface area contributed by atoms with Crippen molar-refractivity contribution in [3.05, 3.63) is 58.7 Å². The summed E-state index contributed by atoms with van der Waals surface area (Å²) >= 11 is 1.60. The second-order valence-electron chi connectivity index (χ2n) is 8.29. The molecule has 2 heterocycles. The number of aldehydes is 1.